The van der Waals surface area contributed by atoms with Gasteiger partial charge in [0.1, 0.15) is 5.58 Å². The monoisotopic (exact) mass is 294 g/mol. The molecule has 1 aromatic heterocycles. The van der Waals surface area contributed by atoms with Crippen molar-refractivity contribution in [3.05, 3.63) is 29.8 Å². The Morgan fingerprint density at radius 3 is 2.85 bits per heavy atom. The molecule has 1 fully saturated rings. The van der Waals surface area contributed by atoms with E-state index in [2.05, 4.69) is 0 Å². The summed E-state index contributed by atoms with van der Waals surface area (Å²) in [7, 11) is -3.29. The lowest BCUT2D eigenvalue weighted by Gasteiger charge is -2.01. The third-order valence-corrected chi connectivity index (χ3v) is 5.26. The molecule has 1 saturated heterocycles. The maximum Gasteiger partial charge on any atom is 0.219 e. The fraction of sp³-hybridized carbons (Fsp3) is 0.467. The Balaban J connectivity index is 1.88. The second kappa shape index (κ2) is 5.22. The van der Waals surface area contributed by atoms with E-state index < -0.39 is 9.84 Å². The quantitative estimate of drug-likeness (QED) is 0.769. The highest BCUT2D eigenvalue weighted by atomic mass is 32.2. The number of rotatable bonds is 6. The van der Waals surface area contributed by atoms with Crippen LogP contribution in [-0.2, 0) is 21.0 Å². The van der Waals surface area contributed by atoms with Gasteiger partial charge in [-0.25, -0.2) is 8.42 Å². The Morgan fingerprint density at radius 2 is 2.15 bits per heavy atom. The fourth-order valence-electron chi connectivity index (χ4n) is 2.37. The van der Waals surface area contributed by atoms with Gasteiger partial charge in [-0.3, -0.25) is 0 Å². The summed E-state index contributed by atoms with van der Waals surface area (Å²) in [6.45, 7) is 2.51. The maximum absolute atomic E-state index is 11.9. The molecule has 0 aliphatic carbocycles. The molecular formula is C15H18O4S. The number of fused-ring (bicyclic) bond motifs is 1. The van der Waals surface area contributed by atoms with E-state index in [1.807, 2.05) is 18.2 Å². The van der Waals surface area contributed by atoms with Gasteiger partial charge in [0.05, 0.1) is 18.5 Å². The van der Waals surface area contributed by atoms with Crippen LogP contribution in [0.1, 0.15) is 25.3 Å². The van der Waals surface area contributed by atoms with Gasteiger partial charge in [-0.1, -0.05) is 19.1 Å². The summed E-state index contributed by atoms with van der Waals surface area (Å²) in [5, 5.41) is 0.990. The van der Waals surface area contributed by atoms with Crippen LogP contribution in [0, 0.1) is 0 Å². The SMILES string of the molecule is CCS(=O)(=O)c1cc2c(CCC[C@H]3CO3)cccc2o1. The Bertz CT molecular complexity index is 711. The summed E-state index contributed by atoms with van der Waals surface area (Å²) >= 11 is 0. The van der Waals surface area contributed by atoms with Crippen LogP contribution in [-0.4, -0.2) is 26.9 Å². The molecule has 0 N–H and O–H groups in total. The molecule has 1 atom stereocenters. The van der Waals surface area contributed by atoms with Crippen molar-refractivity contribution in [1.29, 1.82) is 0 Å². The van der Waals surface area contributed by atoms with Crippen molar-refractivity contribution in [3.63, 3.8) is 0 Å². The van der Waals surface area contributed by atoms with Crippen molar-refractivity contribution in [2.45, 2.75) is 37.4 Å². The van der Waals surface area contributed by atoms with Gasteiger partial charge in [0.2, 0.25) is 14.9 Å². The summed E-state index contributed by atoms with van der Waals surface area (Å²) in [4.78, 5) is 0. The van der Waals surface area contributed by atoms with Gasteiger partial charge in [0.15, 0.2) is 0 Å². The minimum atomic E-state index is -3.29. The summed E-state index contributed by atoms with van der Waals surface area (Å²) in [5.41, 5.74) is 1.79. The zero-order chi connectivity index (χ0) is 14.2. The minimum Gasteiger partial charge on any atom is -0.445 e. The van der Waals surface area contributed by atoms with Crippen LogP contribution in [0.5, 0.6) is 0 Å². The maximum atomic E-state index is 11.9. The standard InChI is InChI=1S/C15H18O4S/c1-2-20(16,17)15-9-13-11(5-3-7-12-10-18-12)6-4-8-14(13)19-15/h4,6,8-9,12H,2-3,5,7,10H2,1H3/t12-/m0/s1. The van der Waals surface area contributed by atoms with E-state index >= 15 is 0 Å². The van der Waals surface area contributed by atoms with Crippen LogP contribution >= 0.6 is 0 Å². The van der Waals surface area contributed by atoms with Crippen LogP contribution in [0.4, 0.5) is 0 Å². The van der Waals surface area contributed by atoms with Crippen LogP contribution in [0.25, 0.3) is 11.0 Å². The molecule has 0 spiro atoms. The van der Waals surface area contributed by atoms with E-state index in [1.165, 1.54) is 0 Å². The molecule has 0 radical (unpaired) electrons. The van der Waals surface area contributed by atoms with E-state index in [0.29, 0.717) is 11.7 Å². The van der Waals surface area contributed by atoms with Gasteiger partial charge in [-0.2, -0.15) is 0 Å². The lowest BCUT2D eigenvalue weighted by atomic mass is 10.0. The number of hydrogen-bond donors (Lipinski definition) is 0. The zero-order valence-electron chi connectivity index (χ0n) is 11.5. The molecule has 0 bridgehead atoms. The summed E-state index contributed by atoms with van der Waals surface area (Å²) in [6, 6.07) is 7.43. The third-order valence-electron chi connectivity index (χ3n) is 3.69. The molecule has 4 nitrogen and oxygen atoms in total. The van der Waals surface area contributed by atoms with E-state index in [0.717, 1.165) is 36.8 Å². The zero-order valence-corrected chi connectivity index (χ0v) is 12.3. The van der Waals surface area contributed by atoms with Crippen molar-refractivity contribution in [1.82, 2.24) is 0 Å². The molecule has 108 valence electrons. The van der Waals surface area contributed by atoms with Crippen LogP contribution in [0.2, 0.25) is 0 Å². The molecule has 5 heteroatoms. The first kappa shape index (κ1) is 13.6. The van der Waals surface area contributed by atoms with Crippen LogP contribution in [0.3, 0.4) is 0 Å². The largest absolute Gasteiger partial charge is 0.445 e. The van der Waals surface area contributed by atoms with Gasteiger partial charge < -0.3 is 9.15 Å². The molecule has 1 aromatic carbocycles. The predicted octanol–water partition coefficient (Wildman–Crippen LogP) is 2.95. The van der Waals surface area contributed by atoms with Crippen LogP contribution in [0.15, 0.2) is 33.8 Å². The molecule has 2 heterocycles. The lowest BCUT2D eigenvalue weighted by molar-refractivity contribution is 0.392. The van der Waals surface area contributed by atoms with Crippen molar-refractivity contribution in [3.8, 4) is 0 Å². The molecule has 0 saturated carbocycles. The second-order valence-electron chi connectivity index (χ2n) is 5.15. The predicted molar refractivity (Wildman–Crippen MR) is 76.6 cm³/mol. The topological polar surface area (TPSA) is 59.8 Å². The first-order chi connectivity index (χ1) is 9.60. The number of sulfone groups is 1. The number of furan rings is 1. The first-order valence-electron chi connectivity index (χ1n) is 6.96. The Labute approximate surface area is 118 Å². The fourth-order valence-corrected chi connectivity index (χ4v) is 3.17. The summed E-state index contributed by atoms with van der Waals surface area (Å²) < 4.78 is 34.5. The average molecular weight is 294 g/mol. The highest BCUT2D eigenvalue weighted by Crippen LogP contribution is 2.28. The minimum absolute atomic E-state index is 0.0567. The normalized spacial score (nSPS) is 18.6. The van der Waals surface area contributed by atoms with Crippen molar-refractivity contribution >= 4 is 20.8 Å². The number of aryl methyl sites for hydroxylation is 1. The molecule has 0 amide bonds. The first-order valence-corrected chi connectivity index (χ1v) is 8.61. The lowest BCUT2D eigenvalue weighted by Crippen LogP contribution is -2.01. The molecule has 3 rings (SSSR count). The van der Waals surface area contributed by atoms with Crippen LogP contribution < -0.4 is 0 Å². The Kier molecular flexibility index (Phi) is 3.56. The molecule has 20 heavy (non-hydrogen) atoms. The Hall–Kier alpha value is -1.33. The van der Waals surface area contributed by atoms with Crippen molar-refractivity contribution in [2.75, 3.05) is 12.4 Å². The number of benzene rings is 1. The smallest absolute Gasteiger partial charge is 0.219 e. The van der Waals surface area contributed by atoms with E-state index in [-0.39, 0.29) is 10.8 Å². The van der Waals surface area contributed by atoms with Gasteiger partial charge in [-0.05, 0) is 30.9 Å². The molecule has 2 aromatic rings. The van der Waals surface area contributed by atoms with Gasteiger partial charge in [-0.15, -0.1) is 0 Å². The van der Waals surface area contributed by atoms with E-state index in [9.17, 15) is 8.42 Å². The van der Waals surface area contributed by atoms with Gasteiger partial charge in [0, 0.05) is 11.5 Å². The molecular weight excluding hydrogens is 276 g/mol. The summed E-state index contributed by atoms with van der Waals surface area (Å²) in [5.74, 6) is 0.0567. The average Bonchev–Trinajstić information content (AvgIpc) is 3.14. The number of epoxide rings is 1. The molecule has 1 aliphatic heterocycles. The Morgan fingerprint density at radius 1 is 1.35 bits per heavy atom. The number of hydrogen-bond acceptors (Lipinski definition) is 4. The van der Waals surface area contributed by atoms with Crippen molar-refractivity contribution < 1.29 is 17.6 Å². The number of ether oxygens (including phenoxy) is 1. The van der Waals surface area contributed by atoms with Crippen molar-refractivity contribution in [2.24, 2.45) is 0 Å². The van der Waals surface area contributed by atoms with Gasteiger partial charge in [0.25, 0.3) is 0 Å². The third kappa shape index (κ3) is 2.74. The van der Waals surface area contributed by atoms with E-state index in [4.69, 9.17) is 9.15 Å². The second-order valence-corrected chi connectivity index (χ2v) is 7.35. The highest BCUT2D eigenvalue weighted by Gasteiger charge is 2.22. The highest BCUT2D eigenvalue weighted by molar-refractivity contribution is 7.91. The van der Waals surface area contributed by atoms with E-state index in [1.54, 1.807) is 13.0 Å². The molecule has 0 unspecified atom stereocenters. The van der Waals surface area contributed by atoms with Gasteiger partial charge >= 0.3 is 0 Å². The molecule has 1 aliphatic rings. The summed E-state index contributed by atoms with van der Waals surface area (Å²) in [6.07, 6.45) is 3.47.